The molecule has 0 radical (unpaired) electrons. The number of carbonyl (C=O) groups excluding carboxylic acids is 1. The lowest BCUT2D eigenvalue weighted by Gasteiger charge is -2.29. The molecule has 2 unspecified atom stereocenters. The van der Waals surface area contributed by atoms with Crippen molar-refractivity contribution in [3.63, 3.8) is 0 Å². The standard InChI is InChI=1S/C23H32N4O3/c1-5-24-21-16(8-6-7-15-11-25-27-20(15)21)17-10-19-18(9-14(17)2)23(12-29-3,13-30-4)22(28)26-19/h9-11,16,21,24H,5-8,12-13H2,1-4H3,(H,25,27)(H,26,28). The van der Waals surface area contributed by atoms with Crippen LogP contribution in [0, 0.1) is 6.92 Å². The van der Waals surface area contributed by atoms with Gasteiger partial charge in [-0.3, -0.25) is 9.89 Å². The zero-order valence-electron chi connectivity index (χ0n) is 18.3. The molecule has 162 valence electrons. The van der Waals surface area contributed by atoms with Crippen molar-refractivity contribution >= 4 is 11.6 Å². The van der Waals surface area contributed by atoms with Gasteiger partial charge in [-0.2, -0.15) is 5.10 Å². The first-order valence-electron chi connectivity index (χ1n) is 10.8. The number of methoxy groups -OCH3 is 2. The summed E-state index contributed by atoms with van der Waals surface area (Å²) in [5, 5.41) is 14.3. The summed E-state index contributed by atoms with van der Waals surface area (Å²) < 4.78 is 10.9. The molecule has 2 atom stereocenters. The Morgan fingerprint density at radius 2 is 2.03 bits per heavy atom. The van der Waals surface area contributed by atoms with Gasteiger partial charge in [0.1, 0.15) is 5.41 Å². The third-order valence-electron chi connectivity index (χ3n) is 6.64. The minimum atomic E-state index is -0.802. The normalized spacial score (nSPS) is 22.3. The fraction of sp³-hybridized carbons (Fsp3) is 0.565. The number of hydrogen-bond acceptors (Lipinski definition) is 5. The summed E-state index contributed by atoms with van der Waals surface area (Å²) >= 11 is 0. The highest BCUT2D eigenvalue weighted by Gasteiger charge is 2.48. The van der Waals surface area contributed by atoms with Crippen LogP contribution < -0.4 is 10.6 Å². The Balaban J connectivity index is 1.78. The van der Waals surface area contributed by atoms with Crippen molar-refractivity contribution in [1.82, 2.24) is 15.5 Å². The number of anilines is 1. The van der Waals surface area contributed by atoms with Gasteiger partial charge in [0.15, 0.2) is 0 Å². The van der Waals surface area contributed by atoms with Crippen molar-refractivity contribution in [2.45, 2.75) is 50.5 Å². The van der Waals surface area contributed by atoms with Gasteiger partial charge in [-0.05, 0) is 61.1 Å². The number of benzene rings is 1. The fourth-order valence-corrected chi connectivity index (χ4v) is 5.28. The predicted molar refractivity (Wildman–Crippen MR) is 116 cm³/mol. The van der Waals surface area contributed by atoms with Crippen molar-refractivity contribution in [3.8, 4) is 0 Å². The van der Waals surface area contributed by atoms with Crippen LogP contribution in [-0.2, 0) is 26.1 Å². The zero-order chi connectivity index (χ0) is 21.3. The number of rotatable bonds is 7. The van der Waals surface area contributed by atoms with E-state index >= 15 is 0 Å². The molecule has 7 nitrogen and oxygen atoms in total. The fourth-order valence-electron chi connectivity index (χ4n) is 5.28. The first-order chi connectivity index (χ1) is 14.6. The highest BCUT2D eigenvalue weighted by molar-refractivity contribution is 6.06. The number of nitrogens with one attached hydrogen (secondary N) is 3. The first-order valence-corrected chi connectivity index (χ1v) is 10.8. The second kappa shape index (κ2) is 8.49. The van der Waals surface area contributed by atoms with Crippen LogP contribution in [0.5, 0.6) is 0 Å². The van der Waals surface area contributed by atoms with E-state index in [4.69, 9.17) is 9.47 Å². The summed E-state index contributed by atoms with van der Waals surface area (Å²) in [6.45, 7) is 5.74. The van der Waals surface area contributed by atoms with Gasteiger partial charge >= 0.3 is 0 Å². The van der Waals surface area contributed by atoms with Gasteiger partial charge in [-0.25, -0.2) is 0 Å². The number of H-pyrrole nitrogens is 1. The molecular weight excluding hydrogens is 380 g/mol. The molecule has 0 bridgehead atoms. The molecule has 1 amide bonds. The molecule has 1 aromatic heterocycles. The molecule has 1 aromatic carbocycles. The summed E-state index contributed by atoms with van der Waals surface area (Å²) in [6, 6.07) is 4.50. The Labute approximate surface area is 177 Å². The van der Waals surface area contributed by atoms with E-state index < -0.39 is 5.41 Å². The quantitative estimate of drug-likeness (QED) is 0.609. The number of aromatic nitrogens is 2. The van der Waals surface area contributed by atoms with Crippen molar-refractivity contribution in [1.29, 1.82) is 0 Å². The summed E-state index contributed by atoms with van der Waals surface area (Å²) in [6.07, 6.45) is 5.19. The average molecular weight is 413 g/mol. The molecule has 0 spiro atoms. The lowest BCUT2D eigenvalue weighted by molar-refractivity contribution is -0.125. The lowest BCUT2D eigenvalue weighted by Crippen LogP contribution is -2.43. The van der Waals surface area contributed by atoms with Crippen LogP contribution in [-0.4, -0.2) is 50.1 Å². The van der Waals surface area contributed by atoms with Gasteiger partial charge in [-0.15, -0.1) is 0 Å². The van der Waals surface area contributed by atoms with Crippen molar-refractivity contribution in [3.05, 3.63) is 46.3 Å². The maximum atomic E-state index is 13.0. The molecule has 2 heterocycles. The molecule has 0 fully saturated rings. The number of nitrogens with zero attached hydrogens (tertiary/aromatic N) is 1. The summed E-state index contributed by atoms with van der Waals surface area (Å²) in [5.41, 5.74) is 5.99. The van der Waals surface area contributed by atoms with Gasteiger partial charge in [0.05, 0.1) is 31.1 Å². The molecular formula is C23H32N4O3. The van der Waals surface area contributed by atoms with Crippen molar-refractivity contribution < 1.29 is 14.3 Å². The molecule has 1 aliphatic heterocycles. The van der Waals surface area contributed by atoms with Gasteiger partial charge in [0, 0.05) is 25.8 Å². The highest BCUT2D eigenvalue weighted by Crippen LogP contribution is 2.45. The zero-order valence-corrected chi connectivity index (χ0v) is 18.3. The molecule has 2 aliphatic rings. The van der Waals surface area contributed by atoms with Gasteiger partial charge in [-0.1, -0.05) is 13.0 Å². The van der Waals surface area contributed by atoms with E-state index in [9.17, 15) is 4.79 Å². The number of carbonyl (C=O) groups is 1. The Morgan fingerprint density at radius 3 is 2.73 bits per heavy atom. The molecule has 4 rings (SSSR count). The maximum Gasteiger partial charge on any atom is 0.239 e. The van der Waals surface area contributed by atoms with E-state index in [0.717, 1.165) is 37.1 Å². The number of fused-ring (bicyclic) bond motifs is 2. The Kier molecular flexibility index (Phi) is 5.95. The Hall–Kier alpha value is -2.22. The number of aromatic amines is 1. The van der Waals surface area contributed by atoms with Crippen LogP contribution in [0.15, 0.2) is 18.3 Å². The van der Waals surface area contributed by atoms with Crippen LogP contribution in [0.2, 0.25) is 0 Å². The van der Waals surface area contributed by atoms with Gasteiger partial charge in [0.25, 0.3) is 0 Å². The van der Waals surface area contributed by atoms with E-state index in [0.29, 0.717) is 19.1 Å². The summed E-state index contributed by atoms with van der Waals surface area (Å²) in [4.78, 5) is 13.0. The van der Waals surface area contributed by atoms with Gasteiger partial charge < -0.3 is 20.1 Å². The molecule has 1 aliphatic carbocycles. The summed E-state index contributed by atoms with van der Waals surface area (Å²) in [7, 11) is 3.25. The van der Waals surface area contributed by atoms with Crippen LogP contribution in [0.25, 0.3) is 0 Å². The van der Waals surface area contributed by atoms with E-state index in [2.05, 4.69) is 46.8 Å². The molecule has 30 heavy (non-hydrogen) atoms. The number of likely N-dealkylation sites (N-methyl/N-ethyl adjacent to an activating group) is 1. The second-order valence-electron chi connectivity index (χ2n) is 8.50. The van der Waals surface area contributed by atoms with Crippen molar-refractivity contribution in [2.24, 2.45) is 0 Å². The molecule has 7 heteroatoms. The number of amides is 1. The number of aryl methyl sites for hydroxylation is 2. The highest BCUT2D eigenvalue weighted by atomic mass is 16.5. The molecule has 2 aromatic rings. The third-order valence-corrected chi connectivity index (χ3v) is 6.64. The minimum absolute atomic E-state index is 0.0577. The van der Waals surface area contributed by atoms with E-state index in [1.165, 1.54) is 22.4 Å². The van der Waals surface area contributed by atoms with Crippen LogP contribution >= 0.6 is 0 Å². The second-order valence-corrected chi connectivity index (χ2v) is 8.50. The Bertz CT molecular complexity index is 917. The van der Waals surface area contributed by atoms with Crippen LogP contribution in [0.4, 0.5) is 5.69 Å². The van der Waals surface area contributed by atoms with Gasteiger partial charge in [0.2, 0.25) is 5.91 Å². The summed E-state index contributed by atoms with van der Waals surface area (Å²) in [5.74, 6) is 0.242. The molecule has 0 saturated carbocycles. The van der Waals surface area contributed by atoms with Crippen LogP contribution in [0.3, 0.4) is 0 Å². The molecule has 3 N–H and O–H groups in total. The maximum absolute atomic E-state index is 13.0. The van der Waals surface area contributed by atoms with E-state index in [-0.39, 0.29) is 11.9 Å². The van der Waals surface area contributed by atoms with E-state index in [1.807, 2.05) is 6.20 Å². The lowest BCUT2D eigenvalue weighted by atomic mass is 9.79. The minimum Gasteiger partial charge on any atom is -0.383 e. The number of hydrogen-bond donors (Lipinski definition) is 3. The van der Waals surface area contributed by atoms with Crippen LogP contribution in [0.1, 0.15) is 59.7 Å². The average Bonchev–Trinajstić information content (AvgIpc) is 3.23. The monoisotopic (exact) mass is 412 g/mol. The Morgan fingerprint density at radius 1 is 1.27 bits per heavy atom. The predicted octanol–water partition coefficient (Wildman–Crippen LogP) is 2.97. The van der Waals surface area contributed by atoms with E-state index in [1.54, 1.807) is 14.2 Å². The number of ether oxygens (including phenoxy) is 2. The first kappa shape index (κ1) is 21.0. The third kappa shape index (κ3) is 3.35. The molecule has 0 saturated heterocycles. The van der Waals surface area contributed by atoms with Crippen molar-refractivity contribution in [2.75, 3.05) is 39.3 Å². The largest absolute Gasteiger partial charge is 0.383 e. The topological polar surface area (TPSA) is 88.3 Å². The SMILES string of the molecule is CCNC1c2[nH]ncc2CCCC1c1cc2c(cc1C)C(COC)(COC)C(=O)N2. The smallest absolute Gasteiger partial charge is 0.239 e.